The van der Waals surface area contributed by atoms with E-state index in [9.17, 15) is 4.57 Å². The van der Waals surface area contributed by atoms with Crippen LogP contribution in [-0.4, -0.2) is 42.0 Å². The molecule has 1 aliphatic heterocycles. The molecule has 0 bridgehead atoms. The van der Waals surface area contributed by atoms with Gasteiger partial charge in [0.15, 0.2) is 11.5 Å². The molecule has 0 aromatic carbocycles. The second kappa shape index (κ2) is 5.99. The first kappa shape index (κ1) is 16.0. The van der Waals surface area contributed by atoms with E-state index in [1.54, 1.807) is 17.0 Å². The standard InChI is InChI=1S/C12H16N5O5P/c1-2-7-3-8(4-21-23(18,19)20)22-12(7)17-6-16-9-10(13)14-5-15-11(9)17/h2,5-8,12H,1,3-4H2,(H2,13,14,15)(H2,18,19,20)/t7-,8?,12-/m1/s1. The molecular formula is C12H16N5O5P. The third kappa shape index (κ3) is 3.26. The second-order valence-corrected chi connectivity index (χ2v) is 6.39. The summed E-state index contributed by atoms with van der Waals surface area (Å²) in [5, 5.41) is 0. The highest BCUT2D eigenvalue weighted by atomic mass is 31.2. The molecule has 1 unspecified atom stereocenters. The van der Waals surface area contributed by atoms with Gasteiger partial charge in [0.1, 0.15) is 18.1 Å². The fourth-order valence-electron chi connectivity index (χ4n) is 2.60. The lowest BCUT2D eigenvalue weighted by molar-refractivity contribution is -0.0266. The van der Waals surface area contributed by atoms with E-state index in [0.717, 1.165) is 0 Å². The van der Waals surface area contributed by atoms with E-state index >= 15 is 0 Å². The summed E-state index contributed by atoms with van der Waals surface area (Å²) in [6.45, 7) is 3.56. The minimum absolute atomic E-state index is 0.0889. The molecule has 1 saturated heterocycles. The van der Waals surface area contributed by atoms with Gasteiger partial charge in [-0.05, 0) is 6.42 Å². The summed E-state index contributed by atoms with van der Waals surface area (Å²) in [5.74, 6) is 0.178. The quantitative estimate of drug-likeness (QED) is 0.525. The average Bonchev–Trinajstić information content (AvgIpc) is 3.08. The van der Waals surface area contributed by atoms with Crippen LogP contribution in [0.3, 0.4) is 0 Å². The van der Waals surface area contributed by atoms with Crippen molar-refractivity contribution in [1.82, 2.24) is 19.5 Å². The van der Waals surface area contributed by atoms with Crippen LogP contribution in [0.25, 0.3) is 11.2 Å². The highest BCUT2D eigenvalue weighted by molar-refractivity contribution is 7.46. The zero-order valence-corrected chi connectivity index (χ0v) is 12.9. The molecule has 3 atom stereocenters. The summed E-state index contributed by atoms with van der Waals surface area (Å²) in [5.41, 5.74) is 6.75. The Morgan fingerprint density at radius 2 is 2.30 bits per heavy atom. The minimum Gasteiger partial charge on any atom is -0.382 e. The van der Waals surface area contributed by atoms with Crippen LogP contribution in [0.15, 0.2) is 25.3 Å². The van der Waals surface area contributed by atoms with Gasteiger partial charge in [-0.25, -0.2) is 19.5 Å². The predicted octanol–water partition coefficient (Wildman–Crippen LogP) is 0.607. The van der Waals surface area contributed by atoms with Crippen molar-refractivity contribution < 1.29 is 23.6 Å². The maximum Gasteiger partial charge on any atom is 0.469 e. The first-order valence-electron chi connectivity index (χ1n) is 6.80. The number of fused-ring (bicyclic) bond motifs is 1. The number of aromatic nitrogens is 4. The zero-order valence-electron chi connectivity index (χ0n) is 12.0. The third-order valence-corrected chi connectivity index (χ3v) is 4.11. The normalized spacial score (nSPS) is 25.0. The average molecular weight is 341 g/mol. The number of nitrogens with zero attached hydrogens (tertiary/aromatic N) is 4. The van der Waals surface area contributed by atoms with Crippen molar-refractivity contribution in [1.29, 1.82) is 0 Å². The van der Waals surface area contributed by atoms with Crippen LogP contribution in [0.1, 0.15) is 12.6 Å². The minimum atomic E-state index is -4.53. The molecular weight excluding hydrogens is 325 g/mol. The van der Waals surface area contributed by atoms with E-state index < -0.39 is 20.2 Å². The van der Waals surface area contributed by atoms with Crippen molar-refractivity contribution in [3.8, 4) is 0 Å². The molecule has 1 fully saturated rings. The topological polar surface area (TPSA) is 146 Å². The van der Waals surface area contributed by atoms with Crippen LogP contribution in [-0.2, 0) is 13.8 Å². The van der Waals surface area contributed by atoms with Gasteiger partial charge in [0.25, 0.3) is 0 Å². The Labute approximate surface area is 131 Å². The summed E-state index contributed by atoms with van der Waals surface area (Å²) in [4.78, 5) is 29.8. The van der Waals surface area contributed by atoms with Gasteiger partial charge in [0.2, 0.25) is 0 Å². The molecule has 23 heavy (non-hydrogen) atoms. The van der Waals surface area contributed by atoms with E-state index in [1.807, 2.05) is 0 Å². The van der Waals surface area contributed by atoms with E-state index in [1.165, 1.54) is 6.33 Å². The van der Waals surface area contributed by atoms with Crippen molar-refractivity contribution in [2.45, 2.75) is 18.8 Å². The Balaban J connectivity index is 1.84. The first-order valence-corrected chi connectivity index (χ1v) is 8.33. The van der Waals surface area contributed by atoms with Gasteiger partial charge in [0, 0.05) is 5.92 Å². The van der Waals surface area contributed by atoms with Crippen molar-refractivity contribution in [2.24, 2.45) is 5.92 Å². The molecule has 0 radical (unpaired) electrons. The molecule has 124 valence electrons. The SMILES string of the molecule is C=C[C@@H]1CC(COP(=O)(O)O)O[C@H]1n1cnc2c(N)ncnc21. The Morgan fingerprint density at radius 1 is 1.52 bits per heavy atom. The first-order chi connectivity index (χ1) is 10.9. The van der Waals surface area contributed by atoms with Crippen LogP contribution >= 0.6 is 7.82 Å². The van der Waals surface area contributed by atoms with Gasteiger partial charge >= 0.3 is 7.82 Å². The molecule has 10 nitrogen and oxygen atoms in total. The zero-order chi connectivity index (χ0) is 16.6. The summed E-state index contributed by atoms with van der Waals surface area (Å²) in [6, 6.07) is 0. The van der Waals surface area contributed by atoms with Gasteiger partial charge in [-0.1, -0.05) is 6.08 Å². The molecule has 2 aromatic rings. The second-order valence-electron chi connectivity index (χ2n) is 5.15. The molecule has 0 amide bonds. The molecule has 3 rings (SSSR count). The Morgan fingerprint density at radius 3 is 3.00 bits per heavy atom. The fourth-order valence-corrected chi connectivity index (χ4v) is 2.96. The maximum atomic E-state index is 10.8. The van der Waals surface area contributed by atoms with Crippen LogP contribution in [0.2, 0.25) is 0 Å². The van der Waals surface area contributed by atoms with E-state index in [0.29, 0.717) is 17.6 Å². The molecule has 4 N–H and O–H groups in total. The van der Waals surface area contributed by atoms with Gasteiger partial charge in [-0.15, -0.1) is 6.58 Å². The molecule has 2 aromatic heterocycles. The smallest absolute Gasteiger partial charge is 0.382 e. The van der Waals surface area contributed by atoms with E-state index in [4.69, 9.17) is 20.3 Å². The Bertz CT molecular complexity index is 774. The van der Waals surface area contributed by atoms with Crippen molar-refractivity contribution in [3.05, 3.63) is 25.3 Å². The van der Waals surface area contributed by atoms with E-state index in [-0.39, 0.29) is 18.3 Å². The van der Waals surface area contributed by atoms with Crippen LogP contribution in [0.4, 0.5) is 5.82 Å². The van der Waals surface area contributed by atoms with Crippen molar-refractivity contribution in [2.75, 3.05) is 12.3 Å². The van der Waals surface area contributed by atoms with Gasteiger partial charge < -0.3 is 20.3 Å². The molecule has 0 spiro atoms. The number of hydrogen-bond donors (Lipinski definition) is 3. The monoisotopic (exact) mass is 341 g/mol. The summed E-state index contributed by atoms with van der Waals surface area (Å²) in [6.07, 6.45) is 4.17. The van der Waals surface area contributed by atoms with Crippen LogP contribution in [0, 0.1) is 5.92 Å². The lowest BCUT2D eigenvalue weighted by Crippen LogP contribution is -2.16. The van der Waals surface area contributed by atoms with Crippen molar-refractivity contribution >= 4 is 24.8 Å². The number of phosphoric acid groups is 1. The maximum absolute atomic E-state index is 10.8. The molecule has 11 heteroatoms. The van der Waals surface area contributed by atoms with Gasteiger partial charge in [-0.3, -0.25) is 9.09 Å². The lowest BCUT2D eigenvalue weighted by atomic mass is 10.0. The molecule has 3 heterocycles. The third-order valence-electron chi connectivity index (χ3n) is 3.63. The molecule has 0 aliphatic carbocycles. The Kier molecular flexibility index (Phi) is 4.17. The van der Waals surface area contributed by atoms with Crippen LogP contribution < -0.4 is 5.73 Å². The number of nitrogens with two attached hydrogens (primary N) is 1. The number of anilines is 1. The van der Waals surface area contributed by atoms with E-state index in [2.05, 4.69) is 26.1 Å². The van der Waals surface area contributed by atoms with Crippen LogP contribution in [0.5, 0.6) is 0 Å². The lowest BCUT2D eigenvalue weighted by Gasteiger charge is -2.18. The largest absolute Gasteiger partial charge is 0.469 e. The number of hydrogen-bond acceptors (Lipinski definition) is 7. The fraction of sp³-hybridized carbons (Fsp3) is 0.417. The highest BCUT2D eigenvalue weighted by Gasteiger charge is 2.36. The number of rotatable bonds is 5. The summed E-state index contributed by atoms with van der Waals surface area (Å²) in [7, 11) is -4.53. The van der Waals surface area contributed by atoms with Crippen molar-refractivity contribution in [3.63, 3.8) is 0 Å². The number of imidazole rings is 1. The number of phosphoric ester groups is 1. The summed E-state index contributed by atoms with van der Waals surface area (Å²) < 4.78 is 22.9. The number of nitrogen functional groups attached to an aromatic ring is 1. The number of ether oxygens (including phenoxy) is 1. The summed E-state index contributed by atoms with van der Waals surface area (Å²) >= 11 is 0. The highest BCUT2D eigenvalue weighted by Crippen LogP contribution is 2.40. The predicted molar refractivity (Wildman–Crippen MR) is 79.9 cm³/mol. The Hall–Kier alpha value is -1.84. The molecule has 1 aliphatic rings. The van der Waals surface area contributed by atoms with Gasteiger partial charge in [-0.2, -0.15) is 0 Å². The van der Waals surface area contributed by atoms with Gasteiger partial charge in [0.05, 0.1) is 19.0 Å². The molecule has 0 saturated carbocycles.